The number of aryl methyl sites for hydroxylation is 1. The zero-order chi connectivity index (χ0) is 13.2. The van der Waals surface area contributed by atoms with Gasteiger partial charge in [-0.1, -0.05) is 75.3 Å². The minimum atomic E-state index is 0.332. The molecule has 0 heterocycles. The van der Waals surface area contributed by atoms with E-state index in [1.165, 1.54) is 56.1 Å². The Hall–Kier alpha value is -0.820. The summed E-state index contributed by atoms with van der Waals surface area (Å²) < 4.78 is 0. The van der Waals surface area contributed by atoms with E-state index in [0.29, 0.717) is 6.04 Å². The van der Waals surface area contributed by atoms with Crippen molar-refractivity contribution in [2.24, 2.45) is 5.73 Å². The summed E-state index contributed by atoms with van der Waals surface area (Å²) in [4.78, 5) is 0. The van der Waals surface area contributed by atoms with Crippen LogP contribution in [-0.4, -0.2) is 6.04 Å². The summed E-state index contributed by atoms with van der Waals surface area (Å²) in [5.41, 5.74) is 8.88. The van der Waals surface area contributed by atoms with Gasteiger partial charge in [0.05, 0.1) is 0 Å². The van der Waals surface area contributed by atoms with E-state index in [1.54, 1.807) is 0 Å². The first-order valence-corrected chi connectivity index (χ1v) is 7.53. The minimum Gasteiger partial charge on any atom is -0.327 e. The average molecular weight is 247 g/mol. The number of rotatable bonds is 9. The number of unbranched alkanes of at least 4 members (excludes halogenated alkanes) is 5. The lowest BCUT2D eigenvalue weighted by molar-refractivity contribution is 0.532. The van der Waals surface area contributed by atoms with Gasteiger partial charge in [0.2, 0.25) is 0 Å². The molecule has 1 unspecified atom stereocenters. The maximum absolute atomic E-state index is 6.18. The lowest BCUT2D eigenvalue weighted by atomic mass is 10.00. The van der Waals surface area contributed by atoms with Crippen LogP contribution in [0, 0.1) is 6.92 Å². The van der Waals surface area contributed by atoms with Crippen molar-refractivity contribution < 1.29 is 0 Å². The SMILES string of the molecule is CCCCCCCCC(N)Cc1ccc(C)cc1. The second kappa shape index (κ2) is 9.16. The maximum atomic E-state index is 6.18. The van der Waals surface area contributed by atoms with Gasteiger partial charge in [-0.25, -0.2) is 0 Å². The Labute approximate surface area is 113 Å². The van der Waals surface area contributed by atoms with Crippen molar-refractivity contribution in [1.29, 1.82) is 0 Å². The Balaban J connectivity index is 2.10. The summed E-state index contributed by atoms with van der Waals surface area (Å²) in [5.74, 6) is 0. The van der Waals surface area contributed by atoms with Crippen molar-refractivity contribution in [3.05, 3.63) is 35.4 Å². The molecule has 1 aromatic carbocycles. The van der Waals surface area contributed by atoms with E-state index in [9.17, 15) is 0 Å². The van der Waals surface area contributed by atoms with Crippen LogP contribution in [0.5, 0.6) is 0 Å². The molecule has 1 heteroatoms. The molecule has 0 amide bonds. The first kappa shape index (κ1) is 15.2. The van der Waals surface area contributed by atoms with Gasteiger partial charge in [-0.3, -0.25) is 0 Å². The van der Waals surface area contributed by atoms with Crippen LogP contribution >= 0.6 is 0 Å². The number of benzene rings is 1. The van der Waals surface area contributed by atoms with E-state index >= 15 is 0 Å². The Morgan fingerprint density at radius 1 is 0.944 bits per heavy atom. The molecule has 0 aliphatic heterocycles. The predicted molar refractivity (Wildman–Crippen MR) is 80.9 cm³/mol. The standard InChI is InChI=1S/C17H29N/c1-3-4-5-6-7-8-9-17(18)14-16-12-10-15(2)11-13-16/h10-13,17H,3-9,14,18H2,1-2H3. The Morgan fingerprint density at radius 3 is 2.22 bits per heavy atom. The van der Waals surface area contributed by atoms with Gasteiger partial charge in [-0.15, -0.1) is 0 Å². The third-order valence-electron chi connectivity index (χ3n) is 3.55. The number of nitrogens with two attached hydrogens (primary N) is 1. The quantitative estimate of drug-likeness (QED) is 0.633. The van der Waals surface area contributed by atoms with Gasteiger partial charge in [0.1, 0.15) is 0 Å². The van der Waals surface area contributed by atoms with Crippen molar-refractivity contribution >= 4 is 0 Å². The van der Waals surface area contributed by atoms with E-state index in [1.807, 2.05) is 0 Å². The monoisotopic (exact) mass is 247 g/mol. The fourth-order valence-corrected chi connectivity index (χ4v) is 2.32. The summed E-state index contributed by atoms with van der Waals surface area (Å²) in [6.07, 6.45) is 10.3. The molecule has 0 aliphatic carbocycles. The predicted octanol–water partition coefficient (Wildman–Crippen LogP) is 4.62. The normalized spacial score (nSPS) is 12.6. The van der Waals surface area contributed by atoms with Gasteiger partial charge < -0.3 is 5.73 Å². The molecule has 1 nitrogen and oxygen atoms in total. The van der Waals surface area contributed by atoms with E-state index in [4.69, 9.17) is 5.73 Å². The fraction of sp³-hybridized carbons (Fsp3) is 0.647. The molecule has 0 aliphatic rings. The Bertz CT molecular complexity index is 302. The number of hydrogen-bond donors (Lipinski definition) is 1. The molecular formula is C17H29N. The maximum Gasteiger partial charge on any atom is 0.00793 e. The molecule has 0 bridgehead atoms. The van der Waals surface area contributed by atoms with Crippen LogP contribution < -0.4 is 5.73 Å². The highest BCUT2D eigenvalue weighted by Gasteiger charge is 2.03. The van der Waals surface area contributed by atoms with E-state index in [-0.39, 0.29) is 0 Å². The molecule has 102 valence electrons. The highest BCUT2D eigenvalue weighted by Crippen LogP contribution is 2.11. The summed E-state index contributed by atoms with van der Waals surface area (Å²) in [7, 11) is 0. The average Bonchev–Trinajstić information content (AvgIpc) is 2.36. The van der Waals surface area contributed by atoms with Gasteiger partial charge >= 0.3 is 0 Å². The Kier molecular flexibility index (Phi) is 7.75. The molecule has 18 heavy (non-hydrogen) atoms. The first-order valence-electron chi connectivity index (χ1n) is 7.53. The van der Waals surface area contributed by atoms with Crippen LogP contribution in [0.3, 0.4) is 0 Å². The van der Waals surface area contributed by atoms with Gasteiger partial charge in [-0.2, -0.15) is 0 Å². The van der Waals surface area contributed by atoms with Crippen LogP contribution in [-0.2, 0) is 6.42 Å². The highest BCUT2D eigenvalue weighted by atomic mass is 14.6. The van der Waals surface area contributed by atoms with Gasteiger partial charge in [0.15, 0.2) is 0 Å². The number of hydrogen-bond acceptors (Lipinski definition) is 1. The Morgan fingerprint density at radius 2 is 1.56 bits per heavy atom. The van der Waals surface area contributed by atoms with Crippen LogP contribution in [0.1, 0.15) is 63.0 Å². The largest absolute Gasteiger partial charge is 0.327 e. The summed E-state index contributed by atoms with van der Waals surface area (Å²) >= 11 is 0. The second-order valence-electron chi connectivity index (χ2n) is 5.51. The molecule has 1 aromatic rings. The molecule has 0 saturated carbocycles. The minimum absolute atomic E-state index is 0.332. The molecule has 1 rings (SSSR count). The van der Waals surface area contributed by atoms with Gasteiger partial charge in [-0.05, 0) is 25.3 Å². The van der Waals surface area contributed by atoms with E-state index in [0.717, 1.165) is 6.42 Å². The van der Waals surface area contributed by atoms with E-state index in [2.05, 4.69) is 38.1 Å². The third kappa shape index (κ3) is 6.80. The highest BCUT2D eigenvalue weighted by molar-refractivity contribution is 5.21. The summed E-state index contributed by atoms with van der Waals surface area (Å²) in [6.45, 7) is 4.39. The van der Waals surface area contributed by atoms with Crippen LogP contribution in [0.25, 0.3) is 0 Å². The molecule has 0 aromatic heterocycles. The molecule has 0 fully saturated rings. The van der Waals surface area contributed by atoms with Crippen LogP contribution in [0.2, 0.25) is 0 Å². The topological polar surface area (TPSA) is 26.0 Å². The summed E-state index contributed by atoms with van der Waals surface area (Å²) in [5, 5.41) is 0. The van der Waals surface area contributed by atoms with Crippen molar-refractivity contribution in [1.82, 2.24) is 0 Å². The molecule has 0 spiro atoms. The zero-order valence-corrected chi connectivity index (χ0v) is 12.1. The van der Waals surface area contributed by atoms with Crippen LogP contribution in [0.15, 0.2) is 24.3 Å². The van der Waals surface area contributed by atoms with Crippen molar-refractivity contribution in [3.63, 3.8) is 0 Å². The molecule has 2 N–H and O–H groups in total. The smallest absolute Gasteiger partial charge is 0.00793 e. The van der Waals surface area contributed by atoms with Gasteiger partial charge in [0, 0.05) is 6.04 Å². The molecular weight excluding hydrogens is 218 g/mol. The van der Waals surface area contributed by atoms with Crippen LogP contribution in [0.4, 0.5) is 0 Å². The van der Waals surface area contributed by atoms with Crippen molar-refractivity contribution in [2.75, 3.05) is 0 Å². The summed E-state index contributed by atoms with van der Waals surface area (Å²) in [6, 6.07) is 9.09. The second-order valence-corrected chi connectivity index (χ2v) is 5.51. The van der Waals surface area contributed by atoms with Crippen molar-refractivity contribution in [2.45, 2.75) is 71.3 Å². The van der Waals surface area contributed by atoms with Gasteiger partial charge in [0.25, 0.3) is 0 Å². The zero-order valence-electron chi connectivity index (χ0n) is 12.1. The molecule has 0 saturated heterocycles. The fourth-order valence-electron chi connectivity index (χ4n) is 2.32. The third-order valence-corrected chi connectivity index (χ3v) is 3.55. The molecule has 0 radical (unpaired) electrons. The van der Waals surface area contributed by atoms with Crippen molar-refractivity contribution in [3.8, 4) is 0 Å². The molecule has 1 atom stereocenters. The lowest BCUT2D eigenvalue weighted by Crippen LogP contribution is -2.22. The lowest BCUT2D eigenvalue weighted by Gasteiger charge is -2.11. The first-order chi connectivity index (χ1) is 8.72. The van der Waals surface area contributed by atoms with E-state index < -0.39 is 0 Å².